The van der Waals surface area contributed by atoms with Crippen LogP contribution in [0.25, 0.3) is 0 Å². The molecule has 15 heavy (non-hydrogen) atoms. The molecule has 1 aliphatic rings. The average Bonchev–Trinajstić information content (AvgIpc) is 2.17. The monoisotopic (exact) mass is 211 g/mol. The Hall–Kier alpha value is -0.800. The van der Waals surface area contributed by atoms with E-state index in [1.807, 2.05) is 32.1 Å². The van der Waals surface area contributed by atoms with Gasteiger partial charge in [-0.3, -0.25) is 0 Å². The van der Waals surface area contributed by atoms with Gasteiger partial charge in [0.25, 0.3) is 0 Å². The minimum atomic E-state index is -0.513. The standard InChI is InChI=1S/C12H21NO2/c1-4-15-10-6-5-7-12(3,8-10)11(13)9(2)14/h5-7,9,11,14H,4,8,13H2,1-3H3/t9-,11+,12?/m0/s1. The van der Waals surface area contributed by atoms with Crippen molar-refractivity contribution in [3.63, 3.8) is 0 Å². The summed E-state index contributed by atoms with van der Waals surface area (Å²) in [5.41, 5.74) is 5.78. The molecule has 0 saturated heterocycles. The van der Waals surface area contributed by atoms with Gasteiger partial charge in [0.1, 0.15) is 0 Å². The van der Waals surface area contributed by atoms with Crippen LogP contribution in [0.15, 0.2) is 24.0 Å². The molecule has 3 nitrogen and oxygen atoms in total. The quantitative estimate of drug-likeness (QED) is 0.742. The van der Waals surface area contributed by atoms with Crippen LogP contribution in [0.1, 0.15) is 27.2 Å². The second-order valence-electron chi connectivity index (χ2n) is 4.37. The molecule has 86 valence electrons. The van der Waals surface area contributed by atoms with Crippen LogP contribution in [-0.4, -0.2) is 23.9 Å². The number of hydrogen-bond acceptors (Lipinski definition) is 3. The molecule has 0 aliphatic heterocycles. The zero-order chi connectivity index (χ0) is 11.5. The van der Waals surface area contributed by atoms with Crippen LogP contribution >= 0.6 is 0 Å². The molecule has 0 saturated carbocycles. The molecule has 0 amide bonds. The maximum absolute atomic E-state index is 9.54. The molecule has 3 heteroatoms. The summed E-state index contributed by atoms with van der Waals surface area (Å²) >= 11 is 0. The van der Waals surface area contributed by atoms with Crippen molar-refractivity contribution in [1.29, 1.82) is 0 Å². The molecule has 1 aliphatic carbocycles. The van der Waals surface area contributed by atoms with Gasteiger partial charge in [0.2, 0.25) is 0 Å². The van der Waals surface area contributed by atoms with Crippen LogP contribution in [-0.2, 0) is 4.74 Å². The summed E-state index contributed by atoms with van der Waals surface area (Å²) in [5, 5.41) is 9.54. The third-order valence-corrected chi connectivity index (χ3v) is 2.93. The molecule has 0 bridgehead atoms. The van der Waals surface area contributed by atoms with Crippen molar-refractivity contribution >= 4 is 0 Å². The topological polar surface area (TPSA) is 55.5 Å². The number of rotatable bonds is 4. The van der Waals surface area contributed by atoms with Crippen molar-refractivity contribution in [1.82, 2.24) is 0 Å². The van der Waals surface area contributed by atoms with Gasteiger partial charge in [-0.1, -0.05) is 19.1 Å². The fourth-order valence-electron chi connectivity index (χ4n) is 1.93. The van der Waals surface area contributed by atoms with E-state index in [2.05, 4.69) is 0 Å². The van der Waals surface area contributed by atoms with Gasteiger partial charge in [0.15, 0.2) is 0 Å². The lowest BCUT2D eigenvalue weighted by Gasteiger charge is -2.36. The van der Waals surface area contributed by atoms with Gasteiger partial charge in [-0.05, 0) is 19.9 Å². The number of aliphatic hydroxyl groups is 1. The van der Waals surface area contributed by atoms with E-state index in [1.165, 1.54) is 0 Å². The Labute approximate surface area is 91.6 Å². The Balaban J connectivity index is 2.73. The fraction of sp³-hybridized carbons (Fsp3) is 0.667. The van der Waals surface area contributed by atoms with Gasteiger partial charge < -0.3 is 15.6 Å². The molecule has 0 heterocycles. The van der Waals surface area contributed by atoms with E-state index in [9.17, 15) is 5.11 Å². The lowest BCUT2D eigenvalue weighted by atomic mass is 9.75. The zero-order valence-corrected chi connectivity index (χ0v) is 9.73. The number of allylic oxidation sites excluding steroid dienone is 3. The normalized spacial score (nSPS) is 29.5. The highest BCUT2D eigenvalue weighted by Crippen LogP contribution is 2.35. The van der Waals surface area contributed by atoms with Crippen LogP contribution < -0.4 is 5.73 Å². The van der Waals surface area contributed by atoms with Crippen molar-refractivity contribution in [3.05, 3.63) is 24.0 Å². The number of hydrogen-bond donors (Lipinski definition) is 2. The van der Waals surface area contributed by atoms with Gasteiger partial charge in [0, 0.05) is 17.9 Å². The molecule has 0 aromatic carbocycles. The minimum absolute atomic E-state index is 0.215. The van der Waals surface area contributed by atoms with Crippen LogP contribution in [0.5, 0.6) is 0 Å². The third-order valence-electron chi connectivity index (χ3n) is 2.93. The van der Waals surface area contributed by atoms with Crippen LogP contribution in [0.3, 0.4) is 0 Å². The summed E-state index contributed by atoms with van der Waals surface area (Å²) in [6.07, 6.45) is 6.20. The number of ether oxygens (including phenoxy) is 1. The fourth-order valence-corrected chi connectivity index (χ4v) is 1.93. The first kappa shape index (κ1) is 12.3. The lowest BCUT2D eigenvalue weighted by Crippen LogP contribution is -2.46. The van der Waals surface area contributed by atoms with Crippen molar-refractivity contribution in [3.8, 4) is 0 Å². The van der Waals surface area contributed by atoms with E-state index in [1.54, 1.807) is 6.92 Å². The highest BCUT2D eigenvalue weighted by Gasteiger charge is 2.34. The zero-order valence-electron chi connectivity index (χ0n) is 9.73. The highest BCUT2D eigenvalue weighted by molar-refractivity contribution is 5.22. The van der Waals surface area contributed by atoms with E-state index in [0.29, 0.717) is 6.61 Å². The molecule has 0 fully saturated rings. The predicted octanol–water partition coefficient (Wildman–Crippen LogP) is 1.58. The van der Waals surface area contributed by atoms with Gasteiger partial charge in [-0.15, -0.1) is 0 Å². The Kier molecular flexibility index (Phi) is 3.94. The maximum atomic E-state index is 9.54. The Bertz CT molecular complexity index is 271. The SMILES string of the molecule is CCOC1=CC=CC(C)([C@H](N)[C@H](C)O)C1. The van der Waals surface area contributed by atoms with Crippen LogP contribution in [0.2, 0.25) is 0 Å². The molecule has 3 atom stereocenters. The van der Waals surface area contributed by atoms with Crippen molar-refractivity contribution in [2.45, 2.75) is 39.3 Å². The van der Waals surface area contributed by atoms with Crippen LogP contribution in [0, 0.1) is 5.41 Å². The summed E-state index contributed by atoms with van der Waals surface area (Å²) in [7, 11) is 0. The first-order valence-corrected chi connectivity index (χ1v) is 5.44. The Morgan fingerprint density at radius 3 is 2.87 bits per heavy atom. The smallest absolute Gasteiger partial charge is 0.0968 e. The lowest BCUT2D eigenvalue weighted by molar-refractivity contribution is 0.0979. The van der Waals surface area contributed by atoms with Crippen molar-refractivity contribution in [2.75, 3.05) is 6.61 Å². The van der Waals surface area contributed by atoms with Crippen molar-refractivity contribution in [2.24, 2.45) is 11.1 Å². The summed E-state index contributed by atoms with van der Waals surface area (Å²) in [4.78, 5) is 0. The molecule has 1 unspecified atom stereocenters. The number of nitrogens with two attached hydrogens (primary N) is 1. The summed E-state index contributed by atoms with van der Waals surface area (Å²) in [6, 6.07) is -0.266. The maximum Gasteiger partial charge on any atom is 0.0968 e. The van der Waals surface area contributed by atoms with E-state index < -0.39 is 6.10 Å². The molecular formula is C12H21NO2. The first-order chi connectivity index (χ1) is 6.99. The Morgan fingerprint density at radius 1 is 1.67 bits per heavy atom. The molecule has 1 rings (SSSR count). The van der Waals surface area contributed by atoms with E-state index in [0.717, 1.165) is 12.2 Å². The minimum Gasteiger partial charge on any atom is -0.498 e. The molecule has 0 aromatic rings. The second-order valence-corrected chi connectivity index (χ2v) is 4.37. The molecular weight excluding hydrogens is 190 g/mol. The Morgan fingerprint density at radius 2 is 2.33 bits per heavy atom. The molecule has 0 aromatic heterocycles. The summed E-state index contributed by atoms with van der Waals surface area (Å²) in [5.74, 6) is 0.943. The first-order valence-electron chi connectivity index (χ1n) is 5.44. The van der Waals surface area contributed by atoms with Gasteiger partial charge in [-0.25, -0.2) is 0 Å². The molecule has 0 spiro atoms. The van der Waals surface area contributed by atoms with E-state index in [-0.39, 0.29) is 11.5 Å². The van der Waals surface area contributed by atoms with Crippen molar-refractivity contribution < 1.29 is 9.84 Å². The average molecular weight is 211 g/mol. The van der Waals surface area contributed by atoms with E-state index >= 15 is 0 Å². The largest absolute Gasteiger partial charge is 0.498 e. The predicted molar refractivity (Wildman–Crippen MR) is 61.2 cm³/mol. The highest BCUT2D eigenvalue weighted by atomic mass is 16.5. The van der Waals surface area contributed by atoms with Gasteiger partial charge in [-0.2, -0.15) is 0 Å². The summed E-state index contributed by atoms with van der Waals surface area (Å²) in [6.45, 7) is 6.40. The van der Waals surface area contributed by atoms with E-state index in [4.69, 9.17) is 10.5 Å². The van der Waals surface area contributed by atoms with Gasteiger partial charge in [0.05, 0.1) is 18.5 Å². The third kappa shape index (κ3) is 2.83. The van der Waals surface area contributed by atoms with Gasteiger partial charge >= 0.3 is 0 Å². The second kappa shape index (κ2) is 4.81. The molecule has 3 N–H and O–H groups in total. The number of aliphatic hydroxyl groups excluding tert-OH is 1. The van der Waals surface area contributed by atoms with Crippen LogP contribution in [0.4, 0.5) is 0 Å². The summed E-state index contributed by atoms with van der Waals surface area (Å²) < 4.78 is 5.48. The molecule has 0 radical (unpaired) electrons.